The van der Waals surface area contributed by atoms with Gasteiger partial charge in [0, 0.05) is 36.8 Å². The number of carbonyl (C=O) groups excluding carboxylic acids is 2. The Kier molecular flexibility index (Phi) is 4.65. The largest absolute Gasteiger partial charge is 0.342 e. The molecule has 2 heterocycles. The normalized spacial score (nSPS) is 18.4. The summed E-state index contributed by atoms with van der Waals surface area (Å²) < 4.78 is 0. The maximum atomic E-state index is 12.5. The van der Waals surface area contributed by atoms with Gasteiger partial charge in [0.05, 0.1) is 5.88 Å². The van der Waals surface area contributed by atoms with E-state index in [4.69, 9.17) is 0 Å². The molecule has 0 radical (unpaired) electrons. The van der Waals surface area contributed by atoms with E-state index < -0.39 is 0 Å². The van der Waals surface area contributed by atoms with Crippen LogP contribution in [0, 0.1) is 0 Å². The lowest BCUT2D eigenvalue weighted by Crippen LogP contribution is -2.49. The summed E-state index contributed by atoms with van der Waals surface area (Å²) in [7, 11) is 1.78. The zero-order valence-electron chi connectivity index (χ0n) is 11.9. The number of likely N-dealkylation sites (N-methyl/N-ethyl adjacent to an activating group) is 1. The standard InChI is InChI=1S/C14H19N3O2S/c1-10(2)16(3)14(19)12-8-20-9-17(12)13(18)11-4-6-15-7-5-11/h4-7,10,12H,8-9H2,1-3H3/t12-/m1/s1. The van der Waals surface area contributed by atoms with Gasteiger partial charge in [-0.1, -0.05) is 0 Å². The van der Waals surface area contributed by atoms with Gasteiger partial charge in [0.2, 0.25) is 5.91 Å². The van der Waals surface area contributed by atoms with Crippen molar-refractivity contribution in [1.29, 1.82) is 0 Å². The lowest BCUT2D eigenvalue weighted by Gasteiger charge is -2.29. The van der Waals surface area contributed by atoms with Crippen LogP contribution in [0.25, 0.3) is 0 Å². The van der Waals surface area contributed by atoms with E-state index in [0.29, 0.717) is 17.2 Å². The van der Waals surface area contributed by atoms with Crippen molar-refractivity contribution in [3.63, 3.8) is 0 Å². The van der Waals surface area contributed by atoms with Crippen LogP contribution < -0.4 is 0 Å². The molecule has 0 spiro atoms. The maximum Gasteiger partial charge on any atom is 0.255 e. The van der Waals surface area contributed by atoms with Crippen molar-refractivity contribution in [2.75, 3.05) is 18.7 Å². The number of hydrogen-bond acceptors (Lipinski definition) is 4. The number of rotatable bonds is 3. The molecule has 1 aromatic heterocycles. The summed E-state index contributed by atoms with van der Waals surface area (Å²) >= 11 is 1.61. The molecule has 0 aliphatic carbocycles. The summed E-state index contributed by atoms with van der Waals surface area (Å²) in [6.07, 6.45) is 3.18. The number of amides is 2. The van der Waals surface area contributed by atoms with E-state index in [1.165, 1.54) is 0 Å². The van der Waals surface area contributed by atoms with Crippen LogP contribution in [0.15, 0.2) is 24.5 Å². The minimum absolute atomic E-state index is 0.00686. The Hall–Kier alpha value is -1.56. The Morgan fingerprint density at radius 2 is 2.05 bits per heavy atom. The van der Waals surface area contributed by atoms with Crippen LogP contribution in [0.4, 0.5) is 0 Å². The number of thioether (sulfide) groups is 1. The zero-order valence-corrected chi connectivity index (χ0v) is 12.8. The van der Waals surface area contributed by atoms with E-state index in [0.717, 1.165) is 0 Å². The monoisotopic (exact) mass is 293 g/mol. The zero-order chi connectivity index (χ0) is 14.7. The molecule has 0 bridgehead atoms. The number of aromatic nitrogens is 1. The summed E-state index contributed by atoms with van der Waals surface area (Å²) in [6.45, 7) is 3.93. The van der Waals surface area contributed by atoms with Crippen LogP contribution in [0.5, 0.6) is 0 Å². The fourth-order valence-corrected chi connectivity index (χ4v) is 3.14. The van der Waals surface area contributed by atoms with Crippen LogP contribution >= 0.6 is 11.8 Å². The predicted octanol–water partition coefficient (Wildman–Crippen LogP) is 1.46. The second-order valence-corrected chi connectivity index (χ2v) is 6.07. The van der Waals surface area contributed by atoms with Crippen molar-refractivity contribution in [2.24, 2.45) is 0 Å². The summed E-state index contributed by atoms with van der Waals surface area (Å²) in [5, 5.41) is 0. The first-order valence-electron chi connectivity index (χ1n) is 6.57. The van der Waals surface area contributed by atoms with Crippen molar-refractivity contribution < 1.29 is 9.59 Å². The molecule has 2 rings (SSSR count). The summed E-state index contributed by atoms with van der Waals surface area (Å²) in [5.74, 6) is 1.12. The lowest BCUT2D eigenvalue weighted by atomic mass is 10.2. The number of pyridine rings is 1. The summed E-state index contributed by atoms with van der Waals surface area (Å²) in [6, 6.07) is 3.12. The molecule has 0 saturated carbocycles. The number of hydrogen-bond donors (Lipinski definition) is 0. The van der Waals surface area contributed by atoms with Gasteiger partial charge in [-0.25, -0.2) is 0 Å². The first-order chi connectivity index (χ1) is 9.52. The van der Waals surface area contributed by atoms with E-state index in [-0.39, 0.29) is 23.9 Å². The van der Waals surface area contributed by atoms with Crippen molar-refractivity contribution >= 4 is 23.6 Å². The van der Waals surface area contributed by atoms with Gasteiger partial charge >= 0.3 is 0 Å². The molecular formula is C14H19N3O2S. The molecule has 1 atom stereocenters. The van der Waals surface area contributed by atoms with Crippen molar-refractivity contribution in [3.8, 4) is 0 Å². The molecule has 1 saturated heterocycles. The van der Waals surface area contributed by atoms with Gasteiger partial charge < -0.3 is 9.80 Å². The SMILES string of the molecule is CC(C)N(C)C(=O)[C@H]1CSCN1C(=O)c1ccncc1. The minimum Gasteiger partial charge on any atom is -0.342 e. The summed E-state index contributed by atoms with van der Waals surface area (Å²) in [5.41, 5.74) is 0.576. The Labute approximate surface area is 123 Å². The Bertz CT molecular complexity index is 492. The van der Waals surface area contributed by atoms with E-state index in [1.54, 1.807) is 53.1 Å². The molecule has 2 amide bonds. The molecule has 1 aliphatic heterocycles. The Balaban J connectivity index is 2.15. The first-order valence-corrected chi connectivity index (χ1v) is 7.73. The Morgan fingerprint density at radius 1 is 1.40 bits per heavy atom. The molecule has 1 aliphatic rings. The molecule has 5 nitrogen and oxygen atoms in total. The van der Waals surface area contributed by atoms with Crippen LogP contribution in [-0.2, 0) is 4.79 Å². The Morgan fingerprint density at radius 3 is 2.65 bits per heavy atom. The maximum absolute atomic E-state index is 12.5. The van der Waals surface area contributed by atoms with Gasteiger partial charge in [-0.2, -0.15) is 0 Å². The van der Waals surface area contributed by atoms with Gasteiger partial charge in [0.15, 0.2) is 0 Å². The van der Waals surface area contributed by atoms with Crippen LogP contribution in [0.2, 0.25) is 0 Å². The highest BCUT2D eigenvalue weighted by Gasteiger charge is 2.37. The van der Waals surface area contributed by atoms with Gasteiger partial charge in [-0.3, -0.25) is 14.6 Å². The van der Waals surface area contributed by atoms with Gasteiger partial charge in [-0.15, -0.1) is 11.8 Å². The minimum atomic E-state index is -0.368. The van der Waals surface area contributed by atoms with E-state index in [9.17, 15) is 9.59 Å². The van der Waals surface area contributed by atoms with Crippen molar-refractivity contribution in [1.82, 2.24) is 14.8 Å². The highest BCUT2D eigenvalue weighted by molar-refractivity contribution is 7.99. The molecule has 6 heteroatoms. The highest BCUT2D eigenvalue weighted by Crippen LogP contribution is 2.24. The fraction of sp³-hybridized carbons (Fsp3) is 0.500. The van der Waals surface area contributed by atoms with Crippen LogP contribution in [-0.4, -0.2) is 57.4 Å². The van der Waals surface area contributed by atoms with Gasteiger partial charge in [-0.05, 0) is 26.0 Å². The number of nitrogens with zero attached hydrogens (tertiary/aromatic N) is 3. The average Bonchev–Trinajstić information content (AvgIpc) is 2.95. The molecular weight excluding hydrogens is 274 g/mol. The number of carbonyl (C=O) groups is 2. The third-order valence-corrected chi connectivity index (χ3v) is 4.49. The topological polar surface area (TPSA) is 53.5 Å². The smallest absolute Gasteiger partial charge is 0.255 e. The molecule has 0 unspecified atom stereocenters. The van der Waals surface area contributed by atoms with E-state index >= 15 is 0 Å². The molecule has 1 aromatic rings. The quantitative estimate of drug-likeness (QED) is 0.847. The fourth-order valence-electron chi connectivity index (χ4n) is 2.00. The van der Waals surface area contributed by atoms with Gasteiger partial charge in [0.25, 0.3) is 5.91 Å². The van der Waals surface area contributed by atoms with Crippen molar-refractivity contribution in [2.45, 2.75) is 25.9 Å². The third-order valence-electron chi connectivity index (χ3n) is 3.48. The van der Waals surface area contributed by atoms with Gasteiger partial charge in [0.1, 0.15) is 6.04 Å². The molecule has 1 fully saturated rings. The van der Waals surface area contributed by atoms with E-state index in [2.05, 4.69) is 4.98 Å². The lowest BCUT2D eigenvalue weighted by molar-refractivity contribution is -0.135. The second kappa shape index (κ2) is 6.26. The molecule has 20 heavy (non-hydrogen) atoms. The molecule has 0 N–H and O–H groups in total. The highest BCUT2D eigenvalue weighted by atomic mass is 32.2. The summed E-state index contributed by atoms with van der Waals surface area (Å²) in [4.78, 5) is 32.2. The van der Waals surface area contributed by atoms with Crippen LogP contribution in [0.3, 0.4) is 0 Å². The van der Waals surface area contributed by atoms with Crippen molar-refractivity contribution in [3.05, 3.63) is 30.1 Å². The molecule has 108 valence electrons. The first kappa shape index (κ1) is 14.8. The predicted molar refractivity (Wildman–Crippen MR) is 79.4 cm³/mol. The second-order valence-electron chi connectivity index (χ2n) is 5.07. The molecule has 0 aromatic carbocycles. The van der Waals surface area contributed by atoms with E-state index in [1.807, 2.05) is 13.8 Å². The average molecular weight is 293 g/mol. The third kappa shape index (κ3) is 2.95. The van der Waals surface area contributed by atoms with Crippen LogP contribution in [0.1, 0.15) is 24.2 Å².